The minimum absolute atomic E-state index is 0.428. The van der Waals surface area contributed by atoms with Gasteiger partial charge in [0.15, 0.2) is 5.03 Å². The Balaban J connectivity index is 2.86. The van der Waals surface area contributed by atoms with E-state index in [4.69, 9.17) is 0 Å². The van der Waals surface area contributed by atoms with Crippen molar-refractivity contribution in [1.29, 1.82) is 0 Å². The maximum atomic E-state index is 9.99. The molecule has 5 heteroatoms. The summed E-state index contributed by atoms with van der Waals surface area (Å²) in [4.78, 5) is 13.9. The summed E-state index contributed by atoms with van der Waals surface area (Å²) >= 11 is 0. The topological polar surface area (TPSA) is 68.1 Å². The molecule has 0 saturated heterocycles. The number of nitrogens with zero attached hydrogens (tertiary/aromatic N) is 2. The van der Waals surface area contributed by atoms with Gasteiger partial charge in [0.2, 0.25) is 0 Å². The van der Waals surface area contributed by atoms with Crippen LogP contribution in [0.3, 0.4) is 0 Å². The number of rotatable bonds is 2. The minimum atomic E-state index is -0.607. The monoisotopic (exact) mass is 153 g/mol. The number of nitrogens with one attached hydrogen (secondary N) is 1. The predicted octanol–water partition coefficient (Wildman–Crippen LogP) is 0.994. The average Bonchev–Trinajstić information content (AvgIpc) is 1.93. The van der Waals surface area contributed by atoms with E-state index < -0.39 is 5.03 Å². The van der Waals surface area contributed by atoms with E-state index in [2.05, 4.69) is 4.98 Å². The van der Waals surface area contributed by atoms with Gasteiger partial charge in [0.25, 0.3) is 0 Å². The molecule has 5 nitrogen and oxygen atoms in total. The molecule has 0 unspecified atom stereocenters. The van der Waals surface area contributed by atoms with E-state index in [0.29, 0.717) is 11.4 Å². The second-order valence-electron chi connectivity index (χ2n) is 2.01. The van der Waals surface area contributed by atoms with Gasteiger partial charge < -0.3 is 0 Å². The van der Waals surface area contributed by atoms with Crippen molar-refractivity contribution in [2.45, 2.75) is 6.92 Å². The first-order valence-electron chi connectivity index (χ1n) is 3.03. The number of hydrazine groups is 1. The van der Waals surface area contributed by atoms with Crippen LogP contribution < -0.4 is 5.43 Å². The summed E-state index contributed by atoms with van der Waals surface area (Å²) in [6.45, 7) is 1.70. The van der Waals surface area contributed by atoms with Crippen molar-refractivity contribution in [2.24, 2.45) is 0 Å². The van der Waals surface area contributed by atoms with Crippen LogP contribution in [0.2, 0.25) is 0 Å². The van der Waals surface area contributed by atoms with Crippen LogP contribution in [-0.2, 0) is 0 Å². The molecule has 1 aromatic rings. The lowest BCUT2D eigenvalue weighted by Gasteiger charge is -1.98. The van der Waals surface area contributed by atoms with Gasteiger partial charge in [-0.25, -0.2) is 10.1 Å². The van der Waals surface area contributed by atoms with E-state index in [1.807, 2.05) is 5.43 Å². The van der Waals surface area contributed by atoms with Gasteiger partial charge in [0.05, 0.1) is 5.69 Å². The number of anilines is 1. The van der Waals surface area contributed by atoms with Crippen LogP contribution in [0.1, 0.15) is 5.69 Å². The largest absolute Gasteiger partial charge is 0.259 e. The number of aryl methyl sites for hydroxylation is 1. The summed E-state index contributed by atoms with van der Waals surface area (Å²) in [5, 5.41) is 9.38. The third kappa shape index (κ3) is 1.89. The third-order valence-electron chi connectivity index (χ3n) is 1.22. The molecule has 0 aromatic carbocycles. The molecule has 0 amide bonds. The highest BCUT2D eigenvalue weighted by Gasteiger charge is 2.01. The first kappa shape index (κ1) is 7.46. The summed E-state index contributed by atoms with van der Waals surface area (Å²) in [5.74, 6) is 0. The molecule has 0 aliphatic heterocycles. The Kier molecular flexibility index (Phi) is 2.00. The molecule has 1 N–H and O–H groups in total. The Bertz CT molecular complexity index is 274. The molecule has 0 aliphatic rings. The fraction of sp³-hybridized carbons (Fsp3) is 0.167. The van der Waals surface area contributed by atoms with E-state index in [-0.39, 0.29) is 0 Å². The van der Waals surface area contributed by atoms with Gasteiger partial charge in [0, 0.05) is 6.20 Å². The molecule has 0 bridgehead atoms. The Hall–Kier alpha value is -1.65. The SMILES string of the molecule is Cc1ncccc1N[N+](=O)[O-]. The van der Waals surface area contributed by atoms with Crippen molar-refractivity contribution in [3.8, 4) is 0 Å². The fourth-order valence-electron chi connectivity index (χ4n) is 0.701. The predicted molar refractivity (Wildman–Crippen MR) is 39.6 cm³/mol. The molecular formula is C6H7N3O2. The maximum Gasteiger partial charge on any atom is 0.162 e. The average molecular weight is 153 g/mol. The quantitative estimate of drug-likeness (QED) is 0.508. The summed E-state index contributed by atoms with van der Waals surface area (Å²) in [7, 11) is 0. The number of pyridine rings is 1. The molecule has 11 heavy (non-hydrogen) atoms. The van der Waals surface area contributed by atoms with Crippen molar-refractivity contribution in [3.63, 3.8) is 0 Å². The van der Waals surface area contributed by atoms with Crippen molar-refractivity contribution in [1.82, 2.24) is 4.98 Å². The molecule has 0 atom stereocenters. The standard InChI is InChI=1S/C6H7N3O2/c1-5-6(8-9(10)11)3-2-4-7-5/h2-4,8H,1H3. The van der Waals surface area contributed by atoms with Gasteiger partial charge in [0.1, 0.15) is 5.69 Å². The molecule has 0 saturated carbocycles. The Morgan fingerprint density at radius 3 is 3.00 bits per heavy atom. The summed E-state index contributed by atoms with van der Waals surface area (Å²) in [6.07, 6.45) is 1.58. The molecule has 1 rings (SSSR count). The van der Waals surface area contributed by atoms with Gasteiger partial charge in [-0.15, -0.1) is 5.43 Å². The Labute approximate surface area is 63.2 Å². The lowest BCUT2D eigenvalue weighted by atomic mass is 10.3. The fourth-order valence-corrected chi connectivity index (χ4v) is 0.701. The molecule has 1 aromatic heterocycles. The van der Waals surface area contributed by atoms with Gasteiger partial charge in [-0.3, -0.25) is 4.98 Å². The van der Waals surface area contributed by atoms with Crippen LogP contribution in [0.5, 0.6) is 0 Å². The zero-order chi connectivity index (χ0) is 8.27. The van der Waals surface area contributed by atoms with Crippen LogP contribution in [-0.4, -0.2) is 10.0 Å². The maximum absolute atomic E-state index is 9.99. The number of nitro groups is 1. The second kappa shape index (κ2) is 2.96. The Morgan fingerprint density at radius 2 is 2.45 bits per heavy atom. The smallest absolute Gasteiger partial charge is 0.162 e. The zero-order valence-corrected chi connectivity index (χ0v) is 5.94. The van der Waals surface area contributed by atoms with Crippen LogP contribution in [0, 0.1) is 17.0 Å². The number of hydrogen-bond acceptors (Lipinski definition) is 3. The highest BCUT2D eigenvalue weighted by Crippen LogP contribution is 2.08. The van der Waals surface area contributed by atoms with E-state index >= 15 is 0 Å². The first-order valence-corrected chi connectivity index (χ1v) is 3.03. The van der Waals surface area contributed by atoms with Crippen molar-refractivity contribution >= 4 is 5.69 Å². The van der Waals surface area contributed by atoms with E-state index in [0.717, 1.165) is 0 Å². The van der Waals surface area contributed by atoms with Crippen molar-refractivity contribution in [2.75, 3.05) is 5.43 Å². The molecular weight excluding hydrogens is 146 g/mol. The molecule has 1 heterocycles. The van der Waals surface area contributed by atoms with Crippen molar-refractivity contribution < 1.29 is 5.03 Å². The van der Waals surface area contributed by atoms with Crippen LogP contribution >= 0.6 is 0 Å². The highest BCUT2D eigenvalue weighted by atomic mass is 16.7. The van der Waals surface area contributed by atoms with Gasteiger partial charge in [-0.2, -0.15) is 0 Å². The van der Waals surface area contributed by atoms with E-state index in [9.17, 15) is 10.1 Å². The third-order valence-corrected chi connectivity index (χ3v) is 1.22. The van der Waals surface area contributed by atoms with Gasteiger partial charge in [-0.05, 0) is 19.1 Å². The highest BCUT2D eigenvalue weighted by molar-refractivity contribution is 5.44. The second-order valence-corrected chi connectivity index (χ2v) is 2.01. The summed E-state index contributed by atoms with van der Waals surface area (Å²) in [6, 6.07) is 3.24. The first-order chi connectivity index (χ1) is 5.20. The summed E-state index contributed by atoms with van der Waals surface area (Å²) in [5.41, 5.74) is 3.08. The molecule has 0 aliphatic carbocycles. The molecule has 0 spiro atoms. The van der Waals surface area contributed by atoms with Crippen LogP contribution in [0.4, 0.5) is 5.69 Å². The van der Waals surface area contributed by atoms with Gasteiger partial charge in [-0.1, -0.05) is 0 Å². The van der Waals surface area contributed by atoms with Crippen molar-refractivity contribution in [3.05, 3.63) is 34.1 Å². The zero-order valence-electron chi connectivity index (χ0n) is 5.94. The lowest BCUT2D eigenvalue weighted by Crippen LogP contribution is -2.09. The molecule has 0 radical (unpaired) electrons. The molecule has 58 valence electrons. The summed E-state index contributed by atoms with van der Waals surface area (Å²) < 4.78 is 0. The van der Waals surface area contributed by atoms with Gasteiger partial charge >= 0.3 is 0 Å². The number of aromatic nitrogens is 1. The lowest BCUT2D eigenvalue weighted by molar-refractivity contribution is -0.445. The van der Waals surface area contributed by atoms with E-state index in [1.54, 1.807) is 25.3 Å². The van der Waals surface area contributed by atoms with E-state index in [1.165, 1.54) is 0 Å². The molecule has 0 fully saturated rings. The number of hydrogen-bond donors (Lipinski definition) is 1. The Morgan fingerprint density at radius 1 is 1.73 bits per heavy atom. The normalized spacial score (nSPS) is 9.18. The van der Waals surface area contributed by atoms with Crippen LogP contribution in [0.15, 0.2) is 18.3 Å². The van der Waals surface area contributed by atoms with Crippen LogP contribution in [0.25, 0.3) is 0 Å². The minimum Gasteiger partial charge on any atom is -0.259 e.